The maximum absolute atomic E-state index is 5.90. The summed E-state index contributed by atoms with van der Waals surface area (Å²) < 4.78 is 16.8. The molecular weight excluding hydrogens is 248 g/mol. The van der Waals surface area contributed by atoms with Crippen LogP contribution in [0.1, 0.15) is 19.8 Å². The van der Waals surface area contributed by atoms with Gasteiger partial charge in [-0.05, 0) is 19.8 Å². The van der Waals surface area contributed by atoms with Crippen LogP contribution in [0, 0.1) is 0 Å². The van der Waals surface area contributed by atoms with E-state index < -0.39 is 0 Å². The summed E-state index contributed by atoms with van der Waals surface area (Å²) in [6, 6.07) is 0. The fourth-order valence-electron chi connectivity index (χ4n) is 1.93. The Balaban J connectivity index is 1.75. The molecule has 1 saturated carbocycles. The van der Waals surface area contributed by atoms with Gasteiger partial charge in [0.15, 0.2) is 0 Å². The first kappa shape index (κ1) is 10.9. The number of hydrogen-bond donors (Lipinski definition) is 0. The summed E-state index contributed by atoms with van der Waals surface area (Å²) in [5, 5.41) is 0. The third kappa shape index (κ3) is 2.30. The van der Waals surface area contributed by atoms with Crippen LogP contribution in [0.25, 0.3) is 0 Å². The number of rotatable bonds is 4. The highest BCUT2D eigenvalue weighted by molar-refractivity contribution is 9.09. The fourth-order valence-corrected chi connectivity index (χ4v) is 2.79. The van der Waals surface area contributed by atoms with E-state index in [-0.39, 0.29) is 12.2 Å². The minimum absolute atomic E-state index is 0.237. The van der Waals surface area contributed by atoms with Crippen molar-refractivity contribution in [2.45, 2.75) is 42.9 Å². The summed E-state index contributed by atoms with van der Waals surface area (Å²) in [5.74, 6) is 0. The molecule has 0 N–H and O–H groups in total. The quantitative estimate of drug-likeness (QED) is 0.724. The Morgan fingerprint density at radius 3 is 2.93 bits per heavy atom. The van der Waals surface area contributed by atoms with E-state index in [2.05, 4.69) is 15.9 Å². The molecular formula is C10H17BrO3. The molecule has 0 aromatic rings. The first-order chi connectivity index (χ1) is 6.81. The second-order valence-electron chi connectivity index (χ2n) is 3.83. The molecule has 2 rings (SSSR count). The van der Waals surface area contributed by atoms with Crippen LogP contribution >= 0.6 is 15.9 Å². The zero-order valence-electron chi connectivity index (χ0n) is 8.45. The van der Waals surface area contributed by atoms with Crippen LogP contribution in [0.5, 0.6) is 0 Å². The summed E-state index contributed by atoms with van der Waals surface area (Å²) in [4.78, 5) is 0.467. The van der Waals surface area contributed by atoms with Gasteiger partial charge in [0.25, 0.3) is 0 Å². The van der Waals surface area contributed by atoms with E-state index in [9.17, 15) is 0 Å². The molecule has 2 aliphatic rings. The molecule has 2 fully saturated rings. The first-order valence-electron chi connectivity index (χ1n) is 5.30. The molecule has 0 aromatic carbocycles. The number of halogens is 1. The van der Waals surface area contributed by atoms with Crippen molar-refractivity contribution < 1.29 is 14.2 Å². The van der Waals surface area contributed by atoms with Crippen LogP contribution in [-0.2, 0) is 14.2 Å². The first-order valence-corrected chi connectivity index (χ1v) is 6.21. The van der Waals surface area contributed by atoms with Crippen LogP contribution in [0.2, 0.25) is 0 Å². The number of ether oxygens (including phenoxy) is 3. The molecule has 0 radical (unpaired) electrons. The van der Waals surface area contributed by atoms with Gasteiger partial charge in [0.05, 0.1) is 24.9 Å². The van der Waals surface area contributed by atoms with Gasteiger partial charge >= 0.3 is 0 Å². The molecule has 3 nitrogen and oxygen atoms in total. The van der Waals surface area contributed by atoms with E-state index in [1.165, 1.54) is 0 Å². The van der Waals surface area contributed by atoms with Gasteiger partial charge in [0.1, 0.15) is 0 Å². The Morgan fingerprint density at radius 2 is 2.36 bits per heavy atom. The average Bonchev–Trinajstić information content (AvgIpc) is 2.66. The van der Waals surface area contributed by atoms with E-state index >= 15 is 0 Å². The molecule has 1 aliphatic heterocycles. The fraction of sp³-hybridized carbons (Fsp3) is 1.00. The summed E-state index contributed by atoms with van der Waals surface area (Å²) in [6.45, 7) is 4.37. The van der Waals surface area contributed by atoms with Gasteiger partial charge in [0.2, 0.25) is 0 Å². The molecule has 82 valence electrons. The second kappa shape index (κ2) is 4.92. The summed E-state index contributed by atoms with van der Waals surface area (Å²) in [7, 11) is 0. The smallest absolute Gasteiger partial charge is 0.0962 e. The molecule has 0 bridgehead atoms. The SMILES string of the molecule is CCOC1C(Br)CC1OC1CCOC1. The molecule has 1 aliphatic carbocycles. The molecule has 4 unspecified atom stereocenters. The topological polar surface area (TPSA) is 27.7 Å². The second-order valence-corrected chi connectivity index (χ2v) is 5.01. The minimum atomic E-state index is 0.237. The molecule has 0 aromatic heterocycles. The van der Waals surface area contributed by atoms with Gasteiger partial charge < -0.3 is 14.2 Å². The Morgan fingerprint density at radius 1 is 1.50 bits per heavy atom. The van der Waals surface area contributed by atoms with Crippen LogP contribution in [0.3, 0.4) is 0 Å². The molecule has 0 spiro atoms. The molecule has 14 heavy (non-hydrogen) atoms. The van der Waals surface area contributed by atoms with Gasteiger partial charge in [-0.25, -0.2) is 0 Å². The van der Waals surface area contributed by atoms with Gasteiger partial charge in [-0.15, -0.1) is 0 Å². The van der Waals surface area contributed by atoms with E-state index in [0.29, 0.717) is 10.9 Å². The summed E-state index contributed by atoms with van der Waals surface area (Å²) >= 11 is 3.58. The zero-order valence-corrected chi connectivity index (χ0v) is 10.0. The van der Waals surface area contributed by atoms with E-state index in [1.807, 2.05) is 6.92 Å². The standard InChI is InChI=1S/C10H17BrO3/c1-2-13-10-8(11)5-9(10)14-7-3-4-12-6-7/h7-10H,2-6H2,1H3. The van der Waals surface area contributed by atoms with Crippen LogP contribution in [-0.4, -0.2) is 43.0 Å². The van der Waals surface area contributed by atoms with Crippen LogP contribution < -0.4 is 0 Å². The summed E-state index contributed by atoms with van der Waals surface area (Å²) in [6.07, 6.45) is 2.89. The average molecular weight is 265 g/mol. The van der Waals surface area contributed by atoms with Crippen LogP contribution in [0.4, 0.5) is 0 Å². The van der Waals surface area contributed by atoms with Crippen molar-refractivity contribution in [2.24, 2.45) is 0 Å². The largest absolute Gasteiger partial charge is 0.379 e. The van der Waals surface area contributed by atoms with Crippen molar-refractivity contribution in [1.29, 1.82) is 0 Å². The monoisotopic (exact) mass is 264 g/mol. The van der Waals surface area contributed by atoms with Crippen LogP contribution in [0.15, 0.2) is 0 Å². The Kier molecular flexibility index (Phi) is 3.82. The van der Waals surface area contributed by atoms with Gasteiger partial charge in [-0.1, -0.05) is 15.9 Å². The van der Waals surface area contributed by atoms with Gasteiger partial charge in [-0.2, -0.15) is 0 Å². The van der Waals surface area contributed by atoms with E-state index in [1.54, 1.807) is 0 Å². The van der Waals surface area contributed by atoms with Crippen molar-refractivity contribution in [2.75, 3.05) is 19.8 Å². The third-order valence-electron chi connectivity index (χ3n) is 2.79. The third-order valence-corrected chi connectivity index (χ3v) is 3.69. The molecule has 1 heterocycles. The highest BCUT2D eigenvalue weighted by Gasteiger charge is 2.42. The Labute approximate surface area is 93.2 Å². The van der Waals surface area contributed by atoms with Gasteiger partial charge in [0, 0.05) is 18.0 Å². The lowest BCUT2D eigenvalue weighted by Gasteiger charge is -2.41. The minimum Gasteiger partial charge on any atom is -0.379 e. The lowest BCUT2D eigenvalue weighted by atomic mass is 9.91. The van der Waals surface area contributed by atoms with Crippen molar-refractivity contribution >= 4 is 15.9 Å². The maximum atomic E-state index is 5.90. The molecule has 0 amide bonds. The van der Waals surface area contributed by atoms with Crippen molar-refractivity contribution in [3.05, 3.63) is 0 Å². The molecule has 1 saturated heterocycles. The Hall–Kier alpha value is 0.360. The van der Waals surface area contributed by atoms with Crippen molar-refractivity contribution in [3.8, 4) is 0 Å². The highest BCUT2D eigenvalue weighted by Crippen LogP contribution is 2.34. The number of alkyl halides is 1. The predicted molar refractivity (Wildman–Crippen MR) is 56.8 cm³/mol. The summed E-state index contributed by atoms with van der Waals surface area (Å²) in [5.41, 5.74) is 0. The normalized spacial score (nSPS) is 42.4. The molecule has 4 atom stereocenters. The van der Waals surface area contributed by atoms with E-state index in [0.717, 1.165) is 32.7 Å². The predicted octanol–water partition coefficient (Wildman–Crippen LogP) is 1.73. The van der Waals surface area contributed by atoms with Crippen molar-refractivity contribution in [3.63, 3.8) is 0 Å². The lowest BCUT2D eigenvalue weighted by Crippen LogP contribution is -2.52. The zero-order chi connectivity index (χ0) is 9.97. The van der Waals surface area contributed by atoms with E-state index in [4.69, 9.17) is 14.2 Å². The Bertz CT molecular complexity index is 182. The highest BCUT2D eigenvalue weighted by atomic mass is 79.9. The number of hydrogen-bond acceptors (Lipinski definition) is 3. The van der Waals surface area contributed by atoms with Crippen molar-refractivity contribution in [1.82, 2.24) is 0 Å². The van der Waals surface area contributed by atoms with Gasteiger partial charge in [-0.3, -0.25) is 0 Å². The maximum Gasteiger partial charge on any atom is 0.0962 e. The lowest BCUT2D eigenvalue weighted by molar-refractivity contribution is -0.142. The molecule has 4 heteroatoms.